The predicted octanol–water partition coefficient (Wildman–Crippen LogP) is 8.57. The molecule has 0 radical (unpaired) electrons. The summed E-state index contributed by atoms with van der Waals surface area (Å²) in [5.41, 5.74) is 3.81. The molecule has 0 heterocycles. The third-order valence-electron chi connectivity index (χ3n) is 6.57. The van der Waals surface area contributed by atoms with E-state index < -0.39 is 0 Å². The van der Waals surface area contributed by atoms with Gasteiger partial charge in [0.25, 0.3) is 0 Å². The summed E-state index contributed by atoms with van der Waals surface area (Å²) in [4.78, 5) is 9.15. The van der Waals surface area contributed by atoms with Crippen LogP contribution in [0.4, 0.5) is 11.4 Å². The van der Waals surface area contributed by atoms with E-state index in [-0.39, 0.29) is 11.5 Å². The summed E-state index contributed by atoms with van der Waals surface area (Å²) in [6.07, 6.45) is 3.33. The number of para-hydroxylation sites is 2. The molecule has 2 N–H and O–H groups in total. The van der Waals surface area contributed by atoms with Crippen molar-refractivity contribution in [2.75, 3.05) is 0 Å². The Kier molecular flexibility index (Phi) is 6.12. The predicted molar refractivity (Wildman–Crippen MR) is 158 cm³/mol. The fourth-order valence-corrected chi connectivity index (χ4v) is 4.74. The molecule has 0 spiro atoms. The largest absolute Gasteiger partial charge is 0.507 e. The minimum Gasteiger partial charge on any atom is -0.507 e. The fourth-order valence-electron chi connectivity index (χ4n) is 4.74. The maximum absolute atomic E-state index is 11.7. The number of phenolic OH excluding ortho intramolecular Hbond substituents is 2. The van der Waals surface area contributed by atoms with E-state index in [1.54, 1.807) is 12.4 Å². The maximum Gasteiger partial charge on any atom is 0.132 e. The molecule has 38 heavy (non-hydrogen) atoms. The molecule has 0 aromatic heterocycles. The summed E-state index contributed by atoms with van der Waals surface area (Å²) in [5.74, 6) is 0.113. The van der Waals surface area contributed by atoms with Crippen LogP contribution in [0.1, 0.15) is 11.1 Å². The van der Waals surface area contributed by atoms with Gasteiger partial charge in [-0.2, -0.15) is 0 Å². The minimum absolute atomic E-state index is 0.0565. The Labute approximate surface area is 220 Å². The summed E-state index contributed by atoms with van der Waals surface area (Å²) in [5, 5.41) is 26.9. The van der Waals surface area contributed by atoms with Crippen LogP contribution in [0.15, 0.2) is 131 Å². The van der Waals surface area contributed by atoms with Gasteiger partial charge in [-0.05, 0) is 57.9 Å². The summed E-state index contributed by atoms with van der Waals surface area (Å²) in [7, 11) is 0. The van der Waals surface area contributed by atoms with Crippen LogP contribution in [0.5, 0.6) is 11.5 Å². The van der Waals surface area contributed by atoms with Gasteiger partial charge in [0.15, 0.2) is 0 Å². The third kappa shape index (κ3) is 4.40. The van der Waals surface area contributed by atoms with Crippen molar-refractivity contribution < 1.29 is 10.2 Å². The van der Waals surface area contributed by atoms with Crippen molar-refractivity contribution in [1.29, 1.82) is 0 Å². The third-order valence-corrected chi connectivity index (χ3v) is 6.57. The molecule has 6 rings (SSSR count). The van der Waals surface area contributed by atoms with Gasteiger partial charge in [-0.25, -0.2) is 0 Å². The van der Waals surface area contributed by atoms with Gasteiger partial charge in [-0.3, -0.25) is 9.98 Å². The molecule has 6 aromatic carbocycles. The second kappa shape index (κ2) is 10.0. The average Bonchev–Trinajstić information content (AvgIpc) is 2.97. The van der Waals surface area contributed by atoms with E-state index in [0.717, 1.165) is 32.9 Å². The lowest BCUT2D eigenvalue weighted by atomic mass is 9.89. The Balaban J connectivity index is 1.61. The summed E-state index contributed by atoms with van der Waals surface area (Å²) < 4.78 is 0. The minimum atomic E-state index is 0.0565. The summed E-state index contributed by atoms with van der Waals surface area (Å²) in [6, 6.07) is 38.7. The standard InChI is InChI=1S/C34H24N2O2/c37-33-25(21-35-27-13-3-1-4-14-27)19-23-11-7-9-17-29(23)31(33)32-30-18-10-8-12-24(30)20-26(34(32)38)22-36-28-15-5-2-6-16-28/h1-22,37-38H. The molecular formula is C34H24N2O2. The first-order valence-electron chi connectivity index (χ1n) is 12.4. The molecule has 4 nitrogen and oxygen atoms in total. The van der Waals surface area contributed by atoms with Gasteiger partial charge in [-0.1, -0.05) is 84.9 Å². The first kappa shape index (κ1) is 23.2. The van der Waals surface area contributed by atoms with Crippen molar-refractivity contribution in [3.8, 4) is 22.6 Å². The van der Waals surface area contributed by atoms with Crippen LogP contribution < -0.4 is 0 Å². The van der Waals surface area contributed by atoms with Crippen LogP contribution in [0.2, 0.25) is 0 Å². The Morgan fingerprint density at radius 1 is 0.447 bits per heavy atom. The van der Waals surface area contributed by atoms with Gasteiger partial charge in [0.05, 0.1) is 11.4 Å². The van der Waals surface area contributed by atoms with E-state index in [4.69, 9.17) is 0 Å². The smallest absolute Gasteiger partial charge is 0.132 e. The highest BCUT2D eigenvalue weighted by Crippen LogP contribution is 2.47. The molecule has 182 valence electrons. The van der Waals surface area contributed by atoms with Crippen LogP contribution in [0.3, 0.4) is 0 Å². The molecule has 0 saturated carbocycles. The Bertz CT molecular complexity index is 1690. The number of fused-ring (bicyclic) bond motifs is 2. The zero-order valence-corrected chi connectivity index (χ0v) is 20.5. The lowest BCUT2D eigenvalue weighted by Crippen LogP contribution is -1.94. The SMILES string of the molecule is Oc1c(C=Nc2ccccc2)cc2ccccc2c1-c1c(O)c(C=Nc2ccccc2)cc2ccccc12. The first-order chi connectivity index (χ1) is 18.7. The molecular weight excluding hydrogens is 468 g/mol. The number of benzene rings is 6. The van der Waals surface area contributed by atoms with Crippen molar-refractivity contribution >= 4 is 45.3 Å². The number of phenols is 2. The van der Waals surface area contributed by atoms with E-state index in [1.165, 1.54) is 0 Å². The van der Waals surface area contributed by atoms with E-state index in [9.17, 15) is 10.2 Å². The van der Waals surface area contributed by atoms with Crippen LogP contribution >= 0.6 is 0 Å². The second-order valence-corrected chi connectivity index (χ2v) is 9.01. The summed E-state index contributed by atoms with van der Waals surface area (Å²) in [6.45, 7) is 0. The molecule has 0 fully saturated rings. The number of rotatable bonds is 5. The van der Waals surface area contributed by atoms with Crippen molar-refractivity contribution in [3.05, 3.63) is 132 Å². The van der Waals surface area contributed by atoms with Crippen molar-refractivity contribution in [2.45, 2.75) is 0 Å². The van der Waals surface area contributed by atoms with E-state index in [1.807, 2.05) is 121 Å². The molecule has 0 aliphatic heterocycles. The summed E-state index contributed by atoms with van der Waals surface area (Å²) >= 11 is 0. The van der Waals surface area contributed by atoms with Crippen LogP contribution in [-0.2, 0) is 0 Å². The maximum atomic E-state index is 11.7. The number of aromatic hydroxyl groups is 2. The normalized spacial score (nSPS) is 11.7. The van der Waals surface area contributed by atoms with E-state index >= 15 is 0 Å². The molecule has 6 aromatic rings. The second-order valence-electron chi connectivity index (χ2n) is 9.01. The lowest BCUT2D eigenvalue weighted by molar-refractivity contribution is 0.469. The fraction of sp³-hybridized carbons (Fsp3) is 0. The van der Waals surface area contributed by atoms with Crippen molar-refractivity contribution in [1.82, 2.24) is 0 Å². The Hall–Kier alpha value is -5.22. The molecule has 4 heteroatoms. The zero-order valence-electron chi connectivity index (χ0n) is 20.5. The molecule has 0 aliphatic carbocycles. The molecule has 0 amide bonds. The van der Waals surface area contributed by atoms with E-state index in [0.29, 0.717) is 22.3 Å². The Morgan fingerprint density at radius 2 is 0.816 bits per heavy atom. The van der Waals surface area contributed by atoms with Crippen LogP contribution in [0, 0.1) is 0 Å². The molecule has 0 atom stereocenters. The number of hydrogen-bond donors (Lipinski definition) is 2. The molecule has 0 saturated heterocycles. The zero-order chi connectivity index (χ0) is 25.9. The first-order valence-corrected chi connectivity index (χ1v) is 12.4. The molecule has 0 unspecified atom stereocenters. The highest BCUT2D eigenvalue weighted by molar-refractivity contribution is 6.14. The van der Waals surface area contributed by atoms with E-state index in [2.05, 4.69) is 9.98 Å². The number of aliphatic imine (C=N–C) groups is 2. The van der Waals surface area contributed by atoms with Gasteiger partial charge < -0.3 is 10.2 Å². The van der Waals surface area contributed by atoms with Gasteiger partial charge >= 0.3 is 0 Å². The van der Waals surface area contributed by atoms with Gasteiger partial charge in [-0.15, -0.1) is 0 Å². The van der Waals surface area contributed by atoms with Crippen LogP contribution in [-0.4, -0.2) is 22.6 Å². The average molecular weight is 493 g/mol. The topological polar surface area (TPSA) is 65.2 Å². The molecule has 0 bridgehead atoms. The van der Waals surface area contributed by atoms with Crippen molar-refractivity contribution in [3.63, 3.8) is 0 Å². The highest BCUT2D eigenvalue weighted by Gasteiger charge is 2.21. The molecule has 0 aliphatic rings. The van der Waals surface area contributed by atoms with Crippen LogP contribution in [0.25, 0.3) is 32.7 Å². The quantitative estimate of drug-likeness (QED) is 0.237. The van der Waals surface area contributed by atoms with Gasteiger partial charge in [0.2, 0.25) is 0 Å². The Morgan fingerprint density at radius 3 is 1.24 bits per heavy atom. The van der Waals surface area contributed by atoms with Gasteiger partial charge in [0, 0.05) is 34.7 Å². The van der Waals surface area contributed by atoms with Gasteiger partial charge in [0.1, 0.15) is 11.5 Å². The van der Waals surface area contributed by atoms with Crippen molar-refractivity contribution in [2.24, 2.45) is 9.98 Å². The lowest BCUT2D eigenvalue weighted by Gasteiger charge is -2.17. The number of hydrogen-bond acceptors (Lipinski definition) is 4. The monoisotopic (exact) mass is 492 g/mol. The number of nitrogens with zero attached hydrogens (tertiary/aromatic N) is 2. The highest BCUT2D eigenvalue weighted by atomic mass is 16.3.